The molecule has 54 valence electrons. The van der Waals surface area contributed by atoms with Gasteiger partial charge in [-0.2, -0.15) is 0 Å². The van der Waals surface area contributed by atoms with Crippen LogP contribution in [0.4, 0.5) is 0 Å². The summed E-state index contributed by atoms with van der Waals surface area (Å²) in [5.41, 5.74) is 1.37. The summed E-state index contributed by atoms with van der Waals surface area (Å²) in [6.07, 6.45) is 6.31. The summed E-state index contributed by atoms with van der Waals surface area (Å²) >= 11 is -1.00. The Bertz CT molecular complexity index is 196. The van der Waals surface area contributed by atoms with E-state index in [1.807, 2.05) is 0 Å². The van der Waals surface area contributed by atoms with Crippen LogP contribution in [0.5, 0.6) is 0 Å². The molecule has 0 bridgehead atoms. The van der Waals surface area contributed by atoms with Crippen LogP contribution in [-0.4, -0.2) is 0 Å². The van der Waals surface area contributed by atoms with Gasteiger partial charge in [-0.1, -0.05) is 0 Å². The number of allylic oxidation sites excluding steroid dienone is 4. The topological polar surface area (TPSA) is 29.4 Å². The summed E-state index contributed by atoms with van der Waals surface area (Å²) in [6.45, 7) is 2.12. The van der Waals surface area contributed by atoms with Gasteiger partial charge in [0.25, 0.3) is 0 Å². The average molecular weight is 307 g/mol. The van der Waals surface area contributed by atoms with Crippen molar-refractivity contribution in [3.05, 3.63) is 26.6 Å². The molecule has 0 saturated heterocycles. The SMILES string of the molecule is CCC1=[C]([W][N]=O)CC=C1. The third-order valence-electron chi connectivity index (χ3n) is 1.51. The molecule has 0 unspecified atom stereocenters. The van der Waals surface area contributed by atoms with Crippen molar-refractivity contribution >= 4 is 0 Å². The Morgan fingerprint density at radius 3 is 3.20 bits per heavy atom. The zero-order valence-corrected chi connectivity index (χ0v) is 8.77. The molecule has 0 aliphatic heterocycles. The fourth-order valence-electron chi connectivity index (χ4n) is 0.988. The molecule has 0 fully saturated rings. The molecule has 0 spiro atoms. The third-order valence-corrected chi connectivity index (χ3v) is 4.11. The van der Waals surface area contributed by atoms with Gasteiger partial charge in [-0.05, 0) is 0 Å². The Kier molecular flexibility index (Phi) is 3.01. The van der Waals surface area contributed by atoms with E-state index in [9.17, 15) is 4.91 Å². The predicted octanol–water partition coefficient (Wildman–Crippen LogP) is 2.37. The molecule has 0 heterocycles. The van der Waals surface area contributed by atoms with Crippen molar-refractivity contribution < 1.29 is 18.8 Å². The summed E-state index contributed by atoms with van der Waals surface area (Å²) in [6, 6.07) is 0. The van der Waals surface area contributed by atoms with E-state index >= 15 is 0 Å². The molecular weight excluding hydrogens is 298 g/mol. The maximum absolute atomic E-state index is 9.98. The molecule has 0 N–H and O–H groups in total. The fraction of sp³-hybridized carbons (Fsp3) is 0.429. The zero-order chi connectivity index (χ0) is 7.40. The second-order valence-corrected chi connectivity index (χ2v) is 5.04. The molecule has 0 radical (unpaired) electrons. The number of rotatable bonds is 3. The van der Waals surface area contributed by atoms with Gasteiger partial charge in [0.05, 0.1) is 0 Å². The molecule has 3 heteroatoms. The number of nitroso groups, excluding NO2 is 1. The van der Waals surface area contributed by atoms with E-state index < -0.39 is 18.8 Å². The van der Waals surface area contributed by atoms with Crippen molar-refractivity contribution in [2.24, 2.45) is 3.74 Å². The van der Waals surface area contributed by atoms with Crippen LogP contribution in [0.15, 0.2) is 25.4 Å². The Morgan fingerprint density at radius 2 is 2.60 bits per heavy atom. The summed E-state index contributed by atoms with van der Waals surface area (Å²) in [5, 5.41) is 0. The summed E-state index contributed by atoms with van der Waals surface area (Å²) in [4.78, 5) is 9.98. The maximum atomic E-state index is 9.98. The van der Waals surface area contributed by atoms with Crippen LogP contribution in [0.25, 0.3) is 0 Å². The van der Waals surface area contributed by atoms with E-state index in [0.29, 0.717) is 0 Å². The van der Waals surface area contributed by atoms with Crippen molar-refractivity contribution in [2.75, 3.05) is 0 Å². The van der Waals surface area contributed by atoms with Crippen molar-refractivity contribution in [3.8, 4) is 0 Å². The van der Waals surface area contributed by atoms with Gasteiger partial charge in [0.1, 0.15) is 0 Å². The predicted molar refractivity (Wildman–Crippen MR) is 36.9 cm³/mol. The minimum atomic E-state index is -1.00. The van der Waals surface area contributed by atoms with Crippen LogP contribution in [0, 0.1) is 4.91 Å². The molecule has 0 amide bonds. The first-order valence-corrected chi connectivity index (χ1v) is 6.04. The minimum absolute atomic E-state index is 1.000. The average Bonchev–Trinajstić information content (AvgIpc) is 2.36. The second kappa shape index (κ2) is 3.82. The van der Waals surface area contributed by atoms with Gasteiger partial charge in [0.2, 0.25) is 0 Å². The first kappa shape index (κ1) is 7.87. The van der Waals surface area contributed by atoms with Crippen LogP contribution in [0.1, 0.15) is 19.8 Å². The summed E-state index contributed by atoms with van der Waals surface area (Å²) in [5.74, 6) is 0. The van der Waals surface area contributed by atoms with E-state index in [2.05, 4.69) is 22.8 Å². The Hall–Kier alpha value is -0.232. The molecular formula is C7H9NOW. The third kappa shape index (κ3) is 1.63. The van der Waals surface area contributed by atoms with Crippen LogP contribution in [-0.2, 0) is 18.8 Å². The first-order valence-electron chi connectivity index (χ1n) is 3.26. The monoisotopic (exact) mass is 307 g/mol. The van der Waals surface area contributed by atoms with Gasteiger partial charge < -0.3 is 0 Å². The number of hydrogen-bond donors (Lipinski definition) is 0. The molecule has 0 aromatic carbocycles. The molecule has 2 nitrogen and oxygen atoms in total. The van der Waals surface area contributed by atoms with Gasteiger partial charge in [-0.15, -0.1) is 0 Å². The van der Waals surface area contributed by atoms with Gasteiger partial charge in [0, 0.05) is 0 Å². The summed E-state index contributed by atoms with van der Waals surface area (Å²) in [7, 11) is 0. The Morgan fingerprint density at radius 1 is 1.80 bits per heavy atom. The molecule has 0 aromatic heterocycles. The number of hydrogen-bond acceptors (Lipinski definition) is 2. The van der Waals surface area contributed by atoms with Gasteiger partial charge in [0.15, 0.2) is 0 Å². The van der Waals surface area contributed by atoms with Gasteiger partial charge in [-0.25, -0.2) is 0 Å². The van der Waals surface area contributed by atoms with Crippen molar-refractivity contribution in [1.82, 2.24) is 0 Å². The Labute approximate surface area is 69.2 Å². The number of nitrogens with zero attached hydrogens (tertiary/aromatic N) is 1. The van der Waals surface area contributed by atoms with Crippen molar-refractivity contribution in [3.63, 3.8) is 0 Å². The molecule has 1 aliphatic carbocycles. The van der Waals surface area contributed by atoms with E-state index in [4.69, 9.17) is 0 Å². The van der Waals surface area contributed by atoms with E-state index in [1.54, 1.807) is 0 Å². The van der Waals surface area contributed by atoms with Crippen LogP contribution in [0.2, 0.25) is 0 Å². The first-order chi connectivity index (χ1) is 4.88. The normalized spacial score (nSPS) is 16.5. The van der Waals surface area contributed by atoms with Crippen molar-refractivity contribution in [1.29, 1.82) is 0 Å². The molecule has 1 aliphatic rings. The quantitative estimate of drug-likeness (QED) is 0.736. The second-order valence-electron chi connectivity index (χ2n) is 2.07. The fourth-order valence-corrected chi connectivity index (χ4v) is 3.11. The molecule has 0 atom stereocenters. The van der Waals surface area contributed by atoms with Crippen LogP contribution < -0.4 is 0 Å². The molecule has 0 aromatic rings. The molecule has 10 heavy (non-hydrogen) atoms. The van der Waals surface area contributed by atoms with Crippen LogP contribution in [0.3, 0.4) is 0 Å². The standard InChI is InChI=1S/C7H9.NO.W/c1-2-7-5-3-4-6-7;1-2;/h3,5H,2,4H2,1H3;;/q;-1;+1. The summed E-state index contributed by atoms with van der Waals surface area (Å²) < 4.78 is 4.39. The zero-order valence-electron chi connectivity index (χ0n) is 5.83. The molecule has 0 saturated carbocycles. The van der Waals surface area contributed by atoms with E-state index in [-0.39, 0.29) is 0 Å². The van der Waals surface area contributed by atoms with Crippen molar-refractivity contribution in [2.45, 2.75) is 19.8 Å². The van der Waals surface area contributed by atoms with Gasteiger partial charge in [-0.3, -0.25) is 0 Å². The van der Waals surface area contributed by atoms with E-state index in [0.717, 1.165) is 12.8 Å². The van der Waals surface area contributed by atoms with Crippen LogP contribution >= 0.6 is 0 Å². The van der Waals surface area contributed by atoms with Gasteiger partial charge >= 0.3 is 68.9 Å². The van der Waals surface area contributed by atoms with E-state index in [1.165, 1.54) is 9.54 Å². The molecule has 1 rings (SSSR count). The Balaban J connectivity index is 2.64.